The van der Waals surface area contributed by atoms with Gasteiger partial charge in [0.25, 0.3) is 0 Å². The van der Waals surface area contributed by atoms with Crippen LogP contribution in [0.5, 0.6) is 0 Å². The fraction of sp³-hybridized carbons (Fsp3) is 0.611. The predicted octanol–water partition coefficient (Wildman–Crippen LogP) is 1.88. The van der Waals surface area contributed by atoms with Gasteiger partial charge in [-0.15, -0.1) is 0 Å². The standard InChI is InChI=1S/C18H27N3O3S/c1-2-20(15-6-4-3-5-7-15)13-18(22)21-11-10-14-12-16(25(19,23)24)8-9-17(14)21/h8-9,12,15H,2-7,10-11,13H2,1H3,(H2,19,23,24). The van der Waals surface area contributed by atoms with E-state index in [1.165, 1.54) is 38.2 Å². The molecule has 0 atom stereocenters. The zero-order valence-corrected chi connectivity index (χ0v) is 15.6. The van der Waals surface area contributed by atoms with Gasteiger partial charge in [0, 0.05) is 18.3 Å². The third kappa shape index (κ3) is 4.04. The Kier molecular flexibility index (Phi) is 5.46. The molecule has 1 amide bonds. The van der Waals surface area contributed by atoms with Gasteiger partial charge < -0.3 is 4.90 Å². The second-order valence-electron chi connectivity index (χ2n) is 6.99. The van der Waals surface area contributed by atoms with E-state index in [0.717, 1.165) is 17.8 Å². The molecule has 1 heterocycles. The van der Waals surface area contributed by atoms with Gasteiger partial charge in [-0.3, -0.25) is 9.69 Å². The fourth-order valence-electron chi connectivity index (χ4n) is 4.02. The van der Waals surface area contributed by atoms with Gasteiger partial charge in [0.2, 0.25) is 15.9 Å². The van der Waals surface area contributed by atoms with E-state index in [1.807, 2.05) is 0 Å². The minimum atomic E-state index is -3.71. The maximum Gasteiger partial charge on any atom is 0.241 e. The lowest BCUT2D eigenvalue weighted by molar-refractivity contribution is -0.120. The van der Waals surface area contributed by atoms with Crippen molar-refractivity contribution in [3.8, 4) is 0 Å². The number of nitrogens with two attached hydrogens (primary N) is 1. The molecule has 0 bridgehead atoms. The van der Waals surface area contributed by atoms with Crippen LogP contribution in [0.15, 0.2) is 23.1 Å². The van der Waals surface area contributed by atoms with E-state index in [0.29, 0.717) is 25.6 Å². The molecule has 1 fully saturated rings. The number of anilines is 1. The molecule has 1 saturated carbocycles. The first-order valence-electron chi connectivity index (χ1n) is 9.10. The van der Waals surface area contributed by atoms with Crippen LogP contribution < -0.4 is 10.0 Å². The maximum atomic E-state index is 12.8. The summed E-state index contributed by atoms with van der Waals surface area (Å²) in [5.41, 5.74) is 1.69. The number of primary sulfonamides is 1. The second-order valence-corrected chi connectivity index (χ2v) is 8.55. The summed E-state index contributed by atoms with van der Waals surface area (Å²) in [7, 11) is -3.71. The smallest absolute Gasteiger partial charge is 0.241 e. The summed E-state index contributed by atoms with van der Waals surface area (Å²) in [4.78, 5) is 17.0. The van der Waals surface area contributed by atoms with E-state index >= 15 is 0 Å². The Labute approximate surface area is 150 Å². The van der Waals surface area contributed by atoms with Crippen molar-refractivity contribution >= 4 is 21.6 Å². The van der Waals surface area contributed by atoms with Crippen molar-refractivity contribution in [2.75, 3.05) is 24.5 Å². The lowest BCUT2D eigenvalue weighted by atomic mass is 9.94. The third-order valence-corrected chi connectivity index (χ3v) is 6.32. The normalized spacial score (nSPS) is 18.6. The summed E-state index contributed by atoms with van der Waals surface area (Å²) >= 11 is 0. The molecule has 2 aliphatic rings. The highest BCUT2D eigenvalue weighted by Crippen LogP contribution is 2.30. The highest BCUT2D eigenvalue weighted by molar-refractivity contribution is 7.89. The third-order valence-electron chi connectivity index (χ3n) is 5.41. The molecule has 1 aliphatic heterocycles. The van der Waals surface area contributed by atoms with Gasteiger partial charge >= 0.3 is 0 Å². The number of fused-ring (bicyclic) bond motifs is 1. The molecule has 7 heteroatoms. The average molecular weight is 365 g/mol. The summed E-state index contributed by atoms with van der Waals surface area (Å²) in [6, 6.07) is 5.29. The van der Waals surface area contributed by atoms with Crippen LogP contribution in [0.3, 0.4) is 0 Å². The van der Waals surface area contributed by atoms with E-state index in [4.69, 9.17) is 5.14 Å². The number of hydrogen-bond donors (Lipinski definition) is 1. The summed E-state index contributed by atoms with van der Waals surface area (Å²) in [5, 5.41) is 5.20. The number of likely N-dealkylation sites (N-methyl/N-ethyl adjacent to an activating group) is 1. The Morgan fingerprint density at radius 1 is 1.28 bits per heavy atom. The summed E-state index contributed by atoms with van der Waals surface area (Å²) < 4.78 is 23.0. The molecule has 1 aromatic rings. The second kappa shape index (κ2) is 7.43. The number of nitrogens with zero attached hydrogens (tertiary/aromatic N) is 2. The fourth-order valence-corrected chi connectivity index (χ4v) is 4.58. The van der Waals surface area contributed by atoms with Crippen molar-refractivity contribution in [3.63, 3.8) is 0 Å². The van der Waals surface area contributed by atoms with Gasteiger partial charge in [0.1, 0.15) is 0 Å². The van der Waals surface area contributed by atoms with Crippen molar-refractivity contribution in [1.29, 1.82) is 0 Å². The molecule has 0 radical (unpaired) electrons. The zero-order valence-electron chi connectivity index (χ0n) is 14.8. The molecule has 0 unspecified atom stereocenters. The molecular formula is C18H27N3O3S. The summed E-state index contributed by atoms with van der Waals surface area (Å²) in [6.45, 7) is 4.02. The van der Waals surface area contributed by atoms with E-state index in [-0.39, 0.29) is 10.8 Å². The van der Waals surface area contributed by atoms with Crippen LogP contribution in [-0.4, -0.2) is 44.9 Å². The first-order chi connectivity index (χ1) is 11.9. The van der Waals surface area contributed by atoms with Crippen molar-refractivity contribution in [2.45, 2.75) is 56.4 Å². The maximum absolute atomic E-state index is 12.8. The number of amides is 1. The minimum Gasteiger partial charge on any atom is -0.311 e. The van der Waals surface area contributed by atoms with Gasteiger partial charge in [0.15, 0.2) is 0 Å². The van der Waals surface area contributed by atoms with Gasteiger partial charge in [-0.1, -0.05) is 26.2 Å². The van der Waals surface area contributed by atoms with Crippen molar-refractivity contribution < 1.29 is 13.2 Å². The highest BCUT2D eigenvalue weighted by atomic mass is 32.2. The van der Waals surface area contributed by atoms with E-state index in [2.05, 4.69) is 11.8 Å². The van der Waals surface area contributed by atoms with Crippen LogP contribution in [0, 0.1) is 0 Å². The lowest BCUT2D eigenvalue weighted by Gasteiger charge is -2.34. The molecule has 2 N–H and O–H groups in total. The molecule has 1 aromatic carbocycles. The Balaban J connectivity index is 1.72. The Bertz CT molecular complexity index is 742. The Morgan fingerprint density at radius 3 is 2.64 bits per heavy atom. The number of rotatable bonds is 5. The summed E-state index contributed by atoms with van der Waals surface area (Å²) in [6.07, 6.45) is 6.81. The molecule has 3 rings (SSSR count). The molecule has 0 spiro atoms. The molecule has 138 valence electrons. The average Bonchev–Trinajstić information content (AvgIpc) is 3.02. The van der Waals surface area contributed by atoms with Crippen LogP contribution in [0.25, 0.3) is 0 Å². The minimum absolute atomic E-state index is 0.0922. The number of sulfonamides is 1. The molecule has 1 aliphatic carbocycles. The van der Waals surface area contributed by atoms with E-state index in [9.17, 15) is 13.2 Å². The monoisotopic (exact) mass is 365 g/mol. The topological polar surface area (TPSA) is 83.7 Å². The lowest BCUT2D eigenvalue weighted by Crippen LogP contribution is -2.45. The molecular weight excluding hydrogens is 338 g/mol. The van der Waals surface area contributed by atoms with Gasteiger partial charge in [-0.05, 0) is 49.6 Å². The molecule has 6 nitrogen and oxygen atoms in total. The highest BCUT2D eigenvalue weighted by Gasteiger charge is 2.29. The SMILES string of the molecule is CCN(CC(=O)N1CCc2cc(S(N)(=O)=O)ccc21)C1CCCCC1. The molecule has 0 aromatic heterocycles. The van der Waals surface area contributed by atoms with Crippen molar-refractivity contribution in [1.82, 2.24) is 4.90 Å². The number of carbonyl (C=O) groups is 1. The Hall–Kier alpha value is -1.44. The number of hydrogen-bond acceptors (Lipinski definition) is 4. The zero-order chi connectivity index (χ0) is 18.0. The molecule has 0 saturated heterocycles. The Morgan fingerprint density at radius 2 is 2.00 bits per heavy atom. The largest absolute Gasteiger partial charge is 0.311 e. The predicted molar refractivity (Wildman–Crippen MR) is 98.0 cm³/mol. The number of carbonyl (C=O) groups excluding carboxylic acids is 1. The first kappa shape index (κ1) is 18.4. The van der Waals surface area contributed by atoms with Gasteiger partial charge in [-0.2, -0.15) is 0 Å². The van der Waals surface area contributed by atoms with Gasteiger partial charge in [-0.25, -0.2) is 13.6 Å². The quantitative estimate of drug-likeness (QED) is 0.863. The van der Waals surface area contributed by atoms with Crippen LogP contribution >= 0.6 is 0 Å². The summed E-state index contributed by atoms with van der Waals surface area (Å²) in [5.74, 6) is 0.0922. The number of benzene rings is 1. The van der Waals surface area contributed by atoms with Crippen LogP contribution in [0.4, 0.5) is 5.69 Å². The van der Waals surface area contributed by atoms with Crippen LogP contribution in [0.1, 0.15) is 44.6 Å². The van der Waals surface area contributed by atoms with Crippen molar-refractivity contribution in [3.05, 3.63) is 23.8 Å². The van der Waals surface area contributed by atoms with Crippen molar-refractivity contribution in [2.24, 2.45) is 5.14 Å². The molecule has 25 heavy (non-hydrogen) atoms. The van der Waals surface area contributed by atoms with Crippen LogP contribution in [-0.2, 0) is 21.2 Å². The van der Waals surface area contributed by atoms with E-state index in [1.54, 1.807) is 17.0 Å². The van der Waals surface area contributed by atoms with Gasteiger partial charge in [0.05, 0.1) is 11.4 Å². The van der Waals surface area contributed by atoms with Crippen LogP contribution in [0.2, 0.25) is 0 Å². The first-order valence-corrected chi connectivity index (χ1v) is 10.6. The van der Waals surface area contributed by atoms with E-state index < -0.39 is 10.0 Å².